The fraction of sp³-hybridized carbons (Fsp3) is 0.667. The van der Waals surface area contributed by atoms with E-state index in [1.165, 1.54) is 5.56 Å². The van der Waals surface area contributed by atoms with Crippen molar-refractivity contribution in [1.82, 2.24) is 5.16 Å². The highest BCUT2D eigenvalue weighted by atomic mass is 16.5. The van der Waals surface area contributed by atoms with Gasteiger partial charge in [-0.3, -0.25) is 0 Å². The van der Waals surface area contributed by atoms with Crippen molar-refractivity contribution >= 4 is 0 Å². The summed E-state index contributed by atoms with van der Waals surface area (Å²) in [7, 11) is 0. The van der Waals surface area contributed by atoms with Gasteiger partial charge < -0.3 is 10.3 Å². The normalized spacial score (nSPS) is 13.3. The second-order valence-electron chi connectivity index (χ2n) is 3.35. The molecule has 12 heavy (non-hydrogen) atoms. The molecule has 0 amide bonds. The minimum atomic E-state index is 0.502. The van der Waals surface area contributed by atoms with Gasteiger partial charge in [0.25, 0.3) is 0 Å². The molecule has 1 rings (SSSR count). The third-order valence-electron chi connectivity index (χ3n) is 2.14. The van der Waals surface area contributed by atoms with Crippen LogP contribution in [0.5, 0.6) is 0 Å². The summed E-state index contributed by atoms with van der Waals surface area (Å²) in [6.07, 6.45) is 0.970. The van der Waals surface area contributed by atoms with Crippen LogP contribution in [-0.2, 0) is 6.42 Å². The molecular formula is C9H16N2O. The first-order chi connectivity index (χ1) is 5.65. The average molecular weight is 168 g/mol. The Morgan fingerprint density at radius 2 is 2.17 bits per heavy atom. The summed E-state index contributed by atoms with van der Waals surface area (Å²) in [6, 6.07) is 0. The minimum Gasteiger partial charge on any atom is -0.361 e. The second-order valence-corrected chi connectivity index (χ2v) is 3.35. The summed E-state index contributed by atoms with van der Waals surface area (Å²) in [5.74, 6) is 1.43. The van der Waals surface area contributed by atoms with Gasteiger partial charge in [0.2, 0.25) is 0 Å². The van der Waals surface area contributed by atoms with Crippen LogP contribution in [0.3, 0.4) is 0 Å². The number of hydrogen-bond acceptors (Lipinski definition) is 3. The SMILES string of the molecule is Cc1noc(C)c1CC(C)CN. The van der Waals surface area contributed by atoms with E-state index in [1.807, 2.05) is 13.8 Å². The maximum atomic E-state index is 5.54. The quantitative estimate of drug-likeness (QED) is 0.742. The molecule has 0 fully saturated rings. The molecule has 68 valence electrons. The van der Waals surface area contributed by atoms with Gasteiger partial charge in [0.15, 0.2) is 0 Å². The van der Waals surface area contributed by atoms with Gasteiger partial charge in [-0.25, -0.2) is 0 Å². The molecule has 0 saturated heterocycles. The molecule has 1 heterocycles. The monoisotopic (exact) mass is 168 g/mol. The summed E-state index contributed by atoms with van der Waals surface area (Å²) in [5, 5.41) is 3.89. The fourth-order valence-corrected chi connectivity index (χ4v) is 1.23. The van der Waals surface area contributed by atoms with Crippen molar-refractivity contribution in [3.63, 3.8) is 0 Å². The summed E-state index contributed by atoms with van der Waals surface area (Å²) < 4.78 is 5.05. The molecule has 3 heteroatoms. The Balaban J connectivity index is 2.73. The Morgan fingerprint density at radius 1 is 1.50 bits per heavy atom. The zero-order valence-corrected chi connectivity index (χ0v) is 7.92. The Hall–Kier alpha value is -0.830. The van der Waals surface area contributed by atoms with Crippen LogP contribution in [0.25, 0.3) is 0 Å². The van der Waals surface area contributed by atoms with E-state index in [-0.39, 0.29) is 0 Å². The molecule has 1 atom stereocenters. The van der Waals surface area contributed by atoms with E-state index in [2.05, 4.69) is 12.1 Å². The van der Waals surface area contributed by atoms with Crippen molar-refractivity contribution in [2.45, 2.75) is 27.2 Å². The lowest BCUT2D eigenvalue weighted by molar-refractivity contribution is 0.391. The van der Waals surface area contributed by atoms with Gasteiger partial charge in [-0.2, -0.15) is 0 Å². The van der Waals surface area contributed by atoms with Crippen LogP contribution in [0.2, 0.25) is 0 Å². The van der Waals surface area contributed by atoms with E-state index < -0.39 is 0 Å². The maximum Gasteiger partial charge on any atom is 0.137 e. The summed E-state index contributed by atoms with van der Waals surface area (Å²) in [6.45, 7) is 6.75. The molecule has 1 aromatic rings. The standard InChI is InChI=1S/C9H16N2O/c1-6(5-10)4-9-7(2)11-12-8(9)3/h6H,4-5,10H2,1-3H3. The van der Waals surface area contributed by atoms with Gasteiger partial charge in [0, 0.05) is 5.56 Å². The lowest BCUT2D eigenvalue weighted by Crippen LogP contribution is -2.13. The summed E-state index contributed by atoms with van der Waals surface area (Å²) in [5.41, 5.74) is 7.75. The molecule has 3 nitrogen and oxygen atoms in total. The van der Waals surface area contributed by atoms with Gasteiger partial charge in [-0.1, -0.05) is 12.1 Å². The highest BCUT2D eigenvalue weighted by Crippen LogP contribution is 2.16. The average Bonchev–Trinajstić information content (AvgIpc) is 2.35. The number of nitrogens with zero attached hydrogens (tertiary/aromatic N) is 1. The molecule has 2 N–H and O–H groups in total. The van der Waals surface area contributed by atoms with Gasteiger partial charge >= 0.3 is 0 Å². The first-order valence-electron chi connectivity index (χ1n) is 4.27. The van der Waals surface area contributed by atoms with Crippen LogP contribution < -0.4 is 5.73 Å². The zero-order chi connectivity index (χ0) is 9.14. The van der Waals surface area contributed by atoms with E-state index in [4.69, 9.17) is 10.3 Å². The first kappa shape index (κ1) is 9.26. The smallest absolute Gasteiger partial charge is 0.137 e. The van der Waals surface area contributed by atoms with Crippen LogP contribution in [-0.4, -0.2) is 11.7 Å². The third kappa shape index (κ3) is 1.85. The Bertz CT molecular complexity index is 236. The zero-order valence-electron chi connectivity index (χ0n) is 7.92. The van der Waals surface area contributed by atoms with Gasteiger partial charge in [-0.05, 0) is 32.7 Å². The molecule has 0 spiro atoms. The van der Waals surface area contributed by atoms with Crippen LogP contribution >= 0.6 is 0 Å². The Kier molecular flexibility index (Phi) is 2.87. The minimum absolute atomic E-state index is 0.502. The van der Waals surface area contributed by atoms with E-state index in [0.717, 1.165) is 17.9 Å². The van der Waals surface area contributed by atoms with Crippen LogP contribution in [0.4, 0.5) is 0 Å². The number of hydrogen-bond donors (Lipinski definition) is 1. The van der Waals surface area contributed by atoms with Gasteiger partial charge in [0.1, 0.15) is 5.76 Å². The summed E-state index contributed by atoms with van der Waals surface area (Å²) in [4.78, 5) is 0. The topological polar surface area (TPSA) is 52.0 Å². The van der Waals surface area contributed by atoms with E-state index in [0.29, 0.717) is 12.5 Å². The Labute approximate surface area is 72.9 Å². The van der Waals surface area contributed by atoms with Crippen LogP contribution in [0.15, 0.2) is 4.52 Å². The number of rotatable bonds is 3. The van der Waals surface area contributed by atoms with Crippen molar-refractivity contribution in [3.05, 3.63) is 17.0 Å². The number of aromatic nitrogens is 1. The van der Waals surface area contributed by atoms with Crippen molar-refractivity contribution in [1.29, 1.82) is 0 Å². The number of aryl methyl sites for hydroxylation is 2. The van der Waals surface area contributed by atoms with E-state index >= 15 is 0 Å². The highest BCUT2D eigenvalue weighted by Gasteiger charge is 2.11. The maximum absolute atomic E-state index is 5.54. The van der Waals surface area contributed by atoms with E-state index in [1.54, 1.807) is 0 Å². The van der Waals surface area contributed by atoms with Gasteiger partial charge in [0.05, 0.1) is 5.69 Å². The molecular weight excluding hydrogens is 152 g/mol. The molecule has 0 radical (unpaired) electrons. The highest BCUT2D eigenvalue weighted by molar-refractivity contribution is 5.21. The third-order valence-corrected chi connectivity index (χ3v) is 2.14. The predicted molar refractivity (Wildman–Crippen MR) is 47.9 cm³/mol. The van der Waals surface area contributed by atoms with Crippen molar-refractivity contribution in [2.24, 2.45) is 11.7 Å². The first-order valence-corrected chi connectivity index (χ1v) is 4.27. The second kappa shape index (κ2) is 3.72. The van der Waals surface area contributed by atoms with Crippen LogP contribution in [0, 0.1) is 19.8 Å². The van der Waals surface area contributed by atoms with Crippen molar-refractivity contribution < 1.29 is 4.52 Å². The molecule has 0 aliphatic carbocycles. The predicted octanol–water partition coefficient (Wildman–Crippen LogP) is 1.43. The largest absolute Gasteiger partial charge is 0.361 e. The molecule has 1 unspecified atom stereocenters. The van der Waals surface area contributed by atoms with Gasteiger partial charge in [-0.15, -0.1) is 0 Å². The molecule has 0 bridgehead atoms. The van der Waals surface area contributed by atoms with Crippen LogP contribution in [0.1, 0.15) is 23.9 Å². The molecule has 0 saturated carbocycles. The van der Waals surface area contributed by atoms with Crippen molar-refractivity contribution in [2.75, 3.05) is 6.54 Å². The van der Waals surface area contributed by atoms with E-state index in [9.17, 15) is 0 Å². The molecule has 0 aliphatic rings. The Morgan fingerprint density at radius 3 is 2.58 bits per heavy atom. The lowest BCUT2D eigenvalue weighted by Gasteiger charge is -2.06. The van der Waals surface area contributed by atoms with Crippen molar-refractivity contribution in [3.8, 4) is 0 Å². The lowest BCUT2D eigenvalue weighted by atomic mass is 10.0. The fourth-order valence-electron chi connectivity index (χ4n) is 1.23. The molecule has 1 aromatic heterocycles. The molecule has 0 aliphatic heterocycles. The molecule has 0 aromatic carbocycles. The summed E-state index contributed by atoms with van der Waals surface area (Å²) >= 11 is 0. The number of nitrogens with two attached hydrogens (primary N) is 1.